The Balaban J connectivity index is 2.23. The van der Waals surface area contributed by atoms with Crippen molar-refractivity contribution < 1.29 is 9.53 Å². The third-order valence-corrected chi connectivity index (χ3v) is 3.24. The number of para-hydroxylation sites is 1. The van der Waals surface area contributed by atoms with Gasteiger partial charge in [0.15, 0.2) is 0 Å². The molecule has 23 heavy (non-hydrogen) atoms. The normalized spacial score (nSPS) is 10.7. The highest BCUT2D eigenvalue weighted by molar-refractivity contribution is 6.30. The monoisotopic (exact) mass is 326 g/mol. The summed E-state index contributed by atoms with van der Waals surface area (Å²) in [6, 6.07) is 15.8. The maximum Gasteiger partial charge on any atom is 0.266 e. The molecular formula is C18H15ClN2O2. The zero-order valence-corrected chi connectivity index (χ0v) is 13.3. The number of rotatable bonds is 5. The largest absolute Gasteiger partial charge is 0.493 e. The number of amides is 1. The second-order valence-electron chi connectivity index (χ2n) is 4.60. The van der Waals surface area contributed by atoms with Crippen LogP contribution < -0.4 is 10.1 Å². The number of halogens is 1. The molecule has 0 saturated heterocycles. The van der Waals surface area contributed by atoms with E-state index in [0.29, 0.717) is 28.6 Å². The van der Waals surface area contributed by atoms with Crippen LogP contribution in [0.3, 0.4) is 0 Å². The summed E-state index contributed by atoms with van der Waals surface area (Å²) in [5.41, 5.74) is 1.24. The molecule has 0 heterocycles. The first-order chi connectivity index (χ1) is 11.1. The van der Waals surface area contributed by atoms with Crippen LogP contribution in [0.15, 0.2) is 54.1 Å². The van der Waals surface area contributed by atoms with Crippen molar-refractivity contribution in [3.63, 3.8) is 0 Å². The Kier molecular flexibility index (Phi) is 5.79. The number of hydrogen-bond acceptors (Lipinski definition) is 3. The SMILES string of the molecule is CCOc1ccccc1/C=C(\C#N)C(=O)Nc1ccc(Cl)cc1. The maximum absolute atomic E-state index is 12.2. The van der Waals surface area contributed by atoms with Crippen LogP contribution in [0.25, 0.3) is 6.08 Å². The van der Waals surface area contributed by atoms with Crippen molar-refractivity contribution in [1.82, 2.24) is 0 Å². The van der Waals surface area contributed by atoms with Crippen molar-refractivity contribution in [1.29, 1.82) is 5.26 Å². The number of anilines is 1. The molecule has 0 aliphatic rings. The predicted octanol–water partition coefficient (Wildman–Crippen LogP) is 4.28. The lowest BCUT2D eigenvalue weighted by molar-refractivity contribution is -0.112. The first-order valence-electron chi connectivity index (χ1n) is 7.04. The zero-order valence-electron chi connectivity index (χ0n) is 12.5. The minimum absolute atomic E-state index is 0.00731. The molecule has 2 aromatic carbocycles. The van der Waals surface area contributed by atoms with Crippen molar-refractivity contribution in [2.24, 2.45) is 0 Å². The van der Waals surface area contributed by atoms with Crippen molar-refractivity contribution in [2.75, 3.05) is 11.9 Å². The lowest BCUT2D eigenvalue weighted by Crippen LogP contribution is -2.13. The predicted molar refractivity (Wildman–Crippen MR) is 91.3 cm³/mol. The average Bonchev–Trinajstić information content (AvgIpc) is 2.56. The summed E-state index contributed by atoms with van der Waals surface area (Å²) >= 11 is 5.80. The Hall–Kier alpha value is -2.77. The summed E-state index contributed by atoms with van der Waals surface area (Å²) < 4.78 is 5.49. The Bertz CT molecular complexity index is 761. The minimum atomic E-state index is -0.485. The maximum atomic E-state index is 12.2. The number of carbonyl (C=O) groups is 1. The van der Waals surface area contributed by atoms with Crippen molar-refractivity contribution >= 4 is 29.3 Å². The summed E-state index contributed by atoms with van der Waals surface area (Å²) in [4.78, 5) is 12.2. The first-order valence-corrected chi connectivity index (χ1v) is 7.42. The summed E-state index contributed by atoms with van der Waals surface area (Å²) in [6.45, 7) is 2.38. The van der Waals surface area contributed by atoms with Gasteiger partial charge >= 0.3 is 0 Å². The van der Waals surface area contributed by atoms with Crippen molar-refractivity contribution in [3.05, 3.63) is 64.7 Å². The Morgan fingerprint density at radius 3 is 2.61 bits per heavy atom. The van der Waals surface area contributed by atoms with E-state index < -0.39 is 5.91 Å². The molecule has 0 radical (unpaired) electrons. The van der Waals surface area contributed by atoms with Crippen LogP contribution >= 0.6 is 11.6 Å². The van der Waals surface area contributed by atoms with Crippen LogP contribution in [0.1, 0.15) is 12.5 Å². The van der Waals surface area contributed by atoms with Gasteiger partial charge in [0.2, 0.25) is 0 Å². The molecule has 1 amide bonds. The molecule has 1 N–H and O–H groups in total. The molecule has 0 unspecified atom stereocenters. The number of nitriles is 1. The fourth-order valence-electron chi connectivity index (χ4n) is 1.92. The summed E-state index contributed by atoms with van der Waals surface area (Å²) in [5, 5.41) is 12.5. The fraction of sp³-hybridized carbons (Fsp3) is 0.111. The molecule has 2 rings (SSSR count). The molecule has 0 spiro atoms. The Labute approximate surface area is 140 Å². The third kappa shape index (κ3) is 4.60. The summed E-state index contributed by atoms with van der Waals surface area (Å²) in [5.74, 6) is 0.142. The highest BCUT2D eigenvalue weighted by atomic mass is 35.5. The van der Waals surface area contributed by atoms with Gasteiger partial charge in [0.25, 0.3) is 5.91 Å². The van der Waals surface area contributed by atoms with E-state index in [1.54, 1.807) is 36.4 Å². The van der Waals surface area contributed by atoms with Gasteiger partial charge in [-0.3, -0.25) is 4.79 Å². The van der Waals surface area contributed by atoms with E-state index in [1.165, 1.54) is 6.08 Å². The lowest BCUT2D eigenvalue weighted by Gasteiger charge is -2.08. The van der Waals surface area contributed by atoms with E-state index in [-0.39, 0.29) is 5.57 Å². The molecule has 4 nitrogen and oxygen atoms in total. The highest BCUT2D eigenvalue weighted by Gasteiger charge is 2.11. The molecule has 0 fully saturated rings. The number of carbonyl (C=O) groups excluding carboxylic acids is 1. The van der Waals surface area contributed by atoms with E-state index in [2.05, 4.69) is 5.32 Å². The molecule has 0 aliphatic heterocycles. The van der Waals surface area contributed by atoms with Gasteiger partial charge in [0.05, 0.1) is 6.61 Å². The van der Waals surface area contributed by atoms with Gasteiger partial charge in [-0.05, 0) is 43.3 Å². The fourth-order valence-corrected chi connectivity index (χ4v) is 2.05. The number of ether oxygens (including phenoxy) is 1. The second-order valence-corrected chi connectivity index (χ2v) is 5.04. The molecule has 5 heteroatoms. The number of benzene rings is 2. The lowest BCUT2D eigenvalue weighted by atomic mass is 10.1. The van der Waals surface area contributed by atoms with Gasteiger partial charge in [-0.15, -0.1) is 0 Å². The van der Waals surface area contributed by atoms with E-state index in [1.807, 2.05) is 25.1 Å². The number of nitrogens with zero attached hydrogens (tertiary/aromatic N) is 1. The second kappa shape index (κ2) is 8.02. The van der Waals surface area contributed by atoms with Crippen molar-refractivity contribution in [2.45, 2.75) is 6.92 Å². The minimum Gasteiger partial charge on any atom is -0.493 e. The smallest absolute Gasteiger partial charge is 0.266 e. The molecule has 2 aromatic rings. The number of hydrogen-bond donors (Lipinski definition) is 1. The highest BCUT2D eigenvalue weighted by Crippen LogP contribution is 2.21. The van der Waals surface area contributed by atoms with Gasteiger partial charge in [-0.25, -0.2) is 0 Å². The van der Waals surface area contributed by atoms with Crippen LogP contribution in [0.5, 0.6) is 5.75 Å². The van der Waals surface area contributed by atoms with E-state index in [9.17, 15) is 10.1 Å². The van der Waals surface area contributed by atoms with E-state index in [0.717, 1.165) is 0 Å². The summed E-state index contributed by atoms with van der Waals surface area (Å²) in [6.07, 6.45) is 1.51. The zero-order chi connectivity index (χ0) is 16.7. The Morgan fingerprint density at radius 1 is 1.26 bits per heavy atom. The van der Waals surface area contributed by atoms with Gasteiger partial charge in [0.1, 0.15) is 17.4 Å². The molecular weight excluding hydrogens is 312 g/mol. The molecule has 0 atom stereocenters. The van der Waals surface area contributed by atoms with Crippen molar-refractivity contribution in [3.8, 4) is 11.8 Å². The van der Waals surface area contributed by atoms with Gasteiger partial charge in [0, 0.05) is 16.3 Å². The van der Waals surface area contributed by atoms with Crippen LogP contribution in [0, 0.1) is 11.3 Å². The van der Waals surface area contributed by atoms with Gasteiger partial charge < -0.3 is 10.1 Å². The quantitative estimate of drug-likeness (QED) is 0.658. The first kappa shape index (κ1) is 16.6. The topological polar surface area (TPSA) is 62.1 Å². The van der Waals surface area contributed by atoms with Crippen LogP contribution in [-0.2, 0) is 4.79 Å². The van der Waals surface area contributed by atoms with E-state index in [4.69, 9.17) is 16.3 Å². The third-order valence-electron chi connectivity index (χ3n) is 2.99. The molecule has 0 saturated carbocycles. The summed E-state index contributed by atoms with van der Waals surface area (Å²) in [7, 11) is 0. The standard InChI is InChI=1S/C18H15ClN2O2/c1-2-23-17-6-4-3-5-13(17)11-14(12-20)18(22)21-16-9-7-15(19)8-10-16/h3-11H,2H2,1H3,(H,21,22)/b14-11+. The average molecular weight is 327 g/mol. The van der Waals surface area contributed by atoms with Crippen LogP contribution in [0.4, 0.5) is 5.69 Å². The van der Waals surface area contributed by atoms with Crippen LogP contribution in [0.2, 0.25) is 5.02 Å². The molecule has 0 aliphatic carbocycles. The van der Waals surface area contributed by atoms with Crippen LogP contribution in [-0.4, -0.2) is 12.5 Å². The Morgan fingerprint density at radius 2 is 1.96 bits per heavy atom. The molecule has 0 aromatic heterocycles. The molecule has 0 bridgehead atoms. The molecule has 116 valence electrons. The van der Waals surface area contributed by atoms with Gasteiger partial charge in [-0.2, -0.15) is 5.26 Å². The number of nitrogens with one attached hydrogen (secondary N) is 1. The van der Waals surface area contributed by atoms with E-state index >= 15 is 0 Å². The van der Waals surface area contributed by atoms with Gasteiger partial charge in [-0.1, -0.05) is 29.8 Å².